The first-order chi connectivity index (χ1) is 17.3. The van der Waals surface area contributed by atoms with Crippen molar-refractivity contribution in [2.45, 2.75) is 32.6 Å². The molecule has 0 spiro atoms. The summed E-state index contributed by atoms with van der Waals surface area (Å²) in [6.07, 6.45) is 4.27. The fraction of sp³-hybridized carbons (Fsp3) is 0.360. The molecule has 0 bridgehead atoms. The molecule has 36 heavy (non-hydrogen) atoms. The number of halogens is 1. The number of aliphatic hydroxyl groups excluding tert-OH is 1. The molecule has 0 radical (unpaired) electrons. The van der Waals surface area contributed by atoms with Gasteiger partial charge >= 0.3 is 0 Å². The minimum atomic E-state index is -0.870. The van der Waals surface area contributed by atoms with Gasteiger partial charge in [-0.15, -0.1) is 0 Å². The topological polar surface area (TPSA) is 109 Å². The lowest BCUT2D eigenvalue weighted by Gasteiger charge is -2.17. The smallest absolute Gasteiger partial charge is 0.190 e. The zero-order chi connectivity index (χ0) is 25.8. The molecule has 0 saturated carbocycles. The molecule has 0 saturated heterocycles. The van der Waals surface area contributed by atoms with E-state index in [2.05, 4.69) is 15.1 Å². The van der Waals surface area contributed by atoms with E-state index in [9.17, 15) is 5.11 Å². The molecule has 190 valence electrons. The second-order valence-electron chi connectivity index (χ2n) is 8.48. The zero-order valence-electron chi connectivity index (χ0n) is 20.8. The summed E-state index contributed by atoms with van der Waals surface area (Å²) in [6.45, 7) is 3.99. The van der Waals surface area contributed by atoms with Crippen LogP contribution in [0.15, 0.2) is 47.8 Å². The first kappa shape index (κ1) is 25.3. The highest BCUT2D eigenvalue weighted by molar-refractivity contribution is 5.73. The van der Waals surface area contributed by atoms with E-state index in [0.717, 1.165) is 5.56 Å². The molecule has 10 nitrogen and oxygen atoms in total. The molecule has 0 aliphatic rings. The molecule has 1 atom stereocenters. The predicted molar refractivity (Wildman–Crippen MR) is 132 cm³/mol. The Morgan fingerprint density at radius 1 is 1.14 bits per heavy atom. The highest BCUT2D eigenvalue weighted by Crippen LogP contribution is 2.32. The lowest BCUT2D eigenvalue weighted by molar-refractivity contribution is -0.000711. The first-order valence-corrected chi connectivity index (χ1v) is 11.4. The predicted octanol–water partition coefficient (Wildman–Crippen LogP) is 3.01. The molecule has 3 aromatic heterocycles. The van der Waals surface area contributed by atoms with E-state index in [1.165, 1.54) is 26.4 Å². The van der Waals surface area contributed by atoms with Crippen LogP contribution in [-0.2, 0) is 18.3 Å². The molecule has 4 rings (SSSR count). The maximum Gasteiger partial charge on any atom is 0.190 e. The van der Waals surface area contributed by atoms with Gasteiger partial charge in [-0.1, -0.05) is 0 Å². The van der Waals surface area contributed by atoms with Gasteiger partial charge in [0.2, 0.25) is 0 Å². The number of fused-ring (bicyclic) bond motifs is 1. The van der Waals surface area contributed by atoms with Crippen LogP contribution in [0.3, 0.4) is 0 Å². The van der Waals surface area contributed by atoms with Gasteiger partial charge in [0.05, 0.1) is 57.7 Å². The van der Waals surface area contributed by atoms with Crippen LogP contribution in [0.25, 0.3) is 22.4 Å². The molecule has 1 N–H and O–H groups in total. The molecule has 0 fully saturated rings. The van der Waals surface area contributed by atoms with E-state index in [-0.39, 0.29) is 30.7 Å². The molecule has 0 aliphatic heterocycles. The molecular weight excluding hydrogens is 467 g/mol. The maximum atomic E-state index is 15.1. The second kappa shape index (κ2) is 10.8. The van der Waals surface area contributed by atoms with Gasteiger partial charge in [0, 0.05) is 30.9 Å². The molecule has 0 aliphatic carbocycles. The van der Waals surface area contributed by atoms with Crippen LogP contribution in [0.5, 0.6) is 11.5 Å². The highest BCUT2D eigenvalue weighted by Gasteiger charge is 2.16. The Bertz CT molecular complexity index is 1430. The molecule has 1 aromatic carbocycles. The summed E-state index contributed by atoms with van der Waals surface area (Å²) in [4.78, 5) is 13.9. The lowest BCUT2D eigenvalue weighted by atomic mass is 10.2. The summed E-state index contributed by atoms with van der Waals surface area (Å²) in [5, 5.41) is 14.9. The Hall–Kier alpha value is -3.83. The largest absolute Gasteiger partial charge is 0.497 e. The number of aryl methyl sites for hydroxylation is 1. The summed E-state index contributed by atoms with van der Waals surface area (Å²) in [5.41, 5.74) is 2.82. The van der Waals surface area contributed by atoms with Crippen molar-refractivity contribution in [3.05, 3.63) is 54.2 Å². The van der Waals surface area contributed by atoms with E-state index in [1.54, 1.807) is 33.8 Å². The van der Waals surface area contributed by atoms with Crippen LogP contribution in [0.1, 0.15) is 13.8 Å². The van der Waals surface area contributed by atoms with Crippen LogP contribution < -0.4 is 15.0 Å². The average Bonchev–Trinajstić information content (AvgIpc) is 3.31. The van der Waals surface area contributed by atoms with Crippen molar-refractivity contribution in [1.82, 2.24) is 24.3 Å². The van der Waals surface area contributed by atoms with Crippen LogP contribution in [-0.4, -0.2) is 62.5 Å². The van der Waals surface area contributed by atoms with Gasteiger partial charge in [-0.25, -0.2) is 14.4 Å². The molecule has 1 unspecified atom stereocenters. The van der Waals surface area contributed by atoms with E-state index in [1.807, 2.05) is 27.1 Å². The van der Waals surface area contributed by atoms with Crippen LogP contribution in [0, 0.1) is 5.82 Å². The van der Waals surface area contributed by atoms with Crippen LogP contribution in [0.4, 0.5) is 10.1 Å². The number of hydrogen-bond donors (Lipinski definition) is 1. The van der Waals surface area contributed by atoms with Crippen LogP contribution in [0.2, 0.25) is 0 Å². The number of rotatable bonds is 9. The van der Waals surface area contributed by atoms with Gasteiger partial charge in [0.1, 0.15) is 22.4 Å². The first-order valence-electron chi connectivity index (χ1n) is 11.4. The standard InChI is InChI=1S/C25H29FN6O4/c1-15(2)36-14-17(33)13-32-23(29-20-8-18(34-4)9-22(35-5)24(20)26)7-6-19-25(32)30-21(11-27-19)16-10-28-31(3)12-16/h6-12,15,17,33H,13-14H2,1-5H3. The van der Waals surface area contributed by atoms with E-state index in [0.29, 0.717) is 28.1 Å². The molecular formula is C25H29FN6O4. The number of ether oxygens (including phenoxy) is 3. The van der Waals surface area contributed by atoms with Crippen molar-refractivity contribution in [2.24, 2.45) is 12.0 Å². The normalized spacial score (nSPS) is 12.9. The third kappa shape index (κ3) is 5.52. The van der Waals surface area contributed by atoms with Crippen molar-refractivity contribution in [3.63, 3.8) is 0 Å². The number of aliphatic hydroxyl groups is 1. The Morgan fingerprint density at radius 2 is 1.94 bits per heavy atom. The summed E-state index contributed by atoms with van der Waals surface area (Å²) < 4.78 is 34.5. The summed E-state index contributed by atoms with van der Waals surface area (Å²) in [5.74, 6) is -0.239. The monoisotopic (exact) mass is 496 g/mol. The Labute approximate surface area is 207 Å². The number of hydrogen-bond acceptors (Lipinski definition) is 8. The zero-order valence-corrected chi connectivity index (χ0v) is 20.8. The van der Waals surface area contributed by atoms with Crippen molar-refractivity contribution in [3.8, 4) is 22.8 Å². The van der Waals surface area contributed by atoms with E-state index < -0.39 is 11.9 Å². The highest BCUT2D eigenvalue weighted by atomic mass is 19.1. The Kier molecular flexibility index (Phi) is 7.61. The van der Waals surface area contributed by atoms with Gasteiger partial charge in [0.25, 0.3) is 0 Å². The van der Waals surface area contributed by atoms with Crippen molar-refractivity contribution >= 4 is 16.9 Å². The SMILES string of the molecule is COc1cc(N=c2ccc3ncc(-c4cnn(C)c4)nc3n2CC(O)COC(C)C)c(F)c(OC)c1. The van der Waals surface area contributed by atoms with Gasteiger partial charge in [-0.3, -0.25) is 9.67 Å². The summed E-state index contributed by atoms with van der Waals surface area (Å²) in [6, 6.07) is 6.36. The van der Waals surface area contributed by atoms with Crippen LogP contribution >= 0.6 is 0 Å². The number of methoxy groups -OCH3 is 2. The van der Waals surface area contributed by atoms with Crippen molar-refractivity contribution in [1.29, 1.82) is 0 Å². The third-order valence-electron chi connectivity index (χ3n) is 5.40. The van der Waals surface area contributed by atoms with Gasteiger partial charge in [-0.05, 0) is 26.0 Å². The Morgan fingerprint density at radius 3 is 2.61 bits per heavy atom. The second-order valence-corrected chi connectivity index (χ2v) is 8.48. The molecule has 11 heteroatoms. The fourth-order valence-electron chi connectivity index (χ4n) is 3.62. The quantitative estimate of drug-likeness (QED) is 0.379. The fourth-order valence-corrected chi connectivity index (χ4v) is 3.62. The third-order valence-corrected chi connectivity index (χ3v) is 5.40. The van der Waals surface area contributed by atoms with E-state index >= 15 is 4.39 Å². The Balaban J connectivity index is 1.91. The summed E-state index contributed by atoms with van der Waals surface area (Å²) >= 11 is 0. The van der Waals surface area contributed by atoms with E-state index in [4.69, 9.17) is 19.2 Å². The minimum Gasteiger partial charge on any atom is -0.497 e. The van der Waals surface area contributed by atoms with Gasteiger partial charge < -0.3 is 23.9 Å². The number of nitrogens with zero attached hydrogens (tertiary/aromatic N) is 6. The lowest BCUT2D eigenvalue weighted by Crippen LogP contribution is -2.31. The minimum absolute atomic E-state index is 0.00413. The number of aromatic nitrogens is 5. The van der Waals surface area contributed by atoms with Gasteiger partial charge in [0.15, 0.2) is 17.2 Å². The molecule has 4 aromatic rings. The van der Waals surface area contributed by atoms with Crippen molar-refractivity contribution in [2.75, 3.05) is 20.8 Å². The number of pyridine rings is 1. The number of benzene rings is 1. The van der Waals surface area contributed by atoms with Crippen molar-refractivity contribution < 1.29 is 23.7 Å². The summed E-state index contributed by atoms with van der Waals surface area (Å²) in [7, 11) is 4.67. The molecule has 0 amide bonds. The van der Waals surface area contributed by atoms with Gasteiger partial charge in [-0.2, -0.15) is 5.10 Å². The molecule has 3 heterocycles. The average molecular weight is 497 g/mol. The maximum absolute atomic E-state index is 15.1.